The molecule has 0 bridgehead atoms. The number of rotatable bonds is 5. The minimum atomic E-state index is -3.67. The van der Waals surface area contributed by atoms with Gasteiger partial charge in [-0.05, 0) is 30.7 Å². The number of benzene rings is 2. The van der Waals surface area contributed by atoms with Crippen molar-refractivity contribution in [2.24, 2.45) is 5.14 Å². The van der Waals surface area contributed by atoms with E-state index in [9.17, 15) is 13.5 Å². The first-order valence-corrected chi connectivity index (χ1v) is 8.04. The fourth-order valence-electron chi connectivity index (χ4n) is 2.06. The molecule has 0 aliphatic carbocycles. The van der Waals surface area contributed by atoms with Crippen molar-refractivity contribution in [2.45, 2.75) is 24.5 Å². The molecule has 5 nitrogen and oxygen atoms in total. The van der Waals surface area contributed by atoms with Crippen LogP contribution in [0.1, 0.15) is 24.1 Å². The molecule has 2 rings (SSSR count). The first-order chi connectivity index (χ1) is 9.91. The molecule has 0 spiro atoms. The van der Waals surface area contributed by atoms with Gasteiger partial charge in [0.15, 0.2) is 0 Å². The first kappa shape index (κ1) is 15.5. The fraction of sp³-hybridized carbons (Fsp3) is 0.200. The highest BCUT2D eigenvalue weighted by atomic mass is 32.2. The molecular weight excluding hydrogens is 288 g/mol. The van der Waals surface area contributed by atoms with Gasteiger partial charge in [0.1, 0.15) is 0 Å². The van der Waals surface area contributed by atoms with Crippen LogP contribution < -0.4 is 10.5 Å². The minimum Gasteiger partial charge on any atom is -0.392 e. The van der Waals surface area contributed by atoms with Gasteiger partial charge in [0.2, 0.25) is 10.0 Å². The van der Waals surface area contributed by atoms with Gasteiger partial charge >= 0.3 is 0 Å². The molecule has 112 valence electrons. The molecule has 0 fully saturated rings. The third kappa shape index (κ3) is 3.81. The summed E-state index contributed by atoms with van der Waals surface area (Å²) in [5, 5.41) is 17.7. The van der Waals surface area contributed by atoms with Crippen molar-refractivity contribution in [2.75, 3.05) is 5.32 Å². The molecule has 0 radical (unpaired) electrons. The molecule has 6 heteroatoms. The lowest BCUT2D eigenvalue weighted by atomic mass is 10.1. The van der Waals surface area contributed by atoms with Crippen LogP contribution in [0.15, 0.2) is 53.4 Å². The zero-order valence-electron chi connectivity index (χ0n) is 11.7. The Hall–Kier alpha value is -1.89. The molecular formula is C15H18N2O3S. The highest BCUT2D eigenvalue weighted by Gasteiger charge is 2.11. The van der Waals surface area contributed by atoms with Crippen molar-refractivity contribution in [3.63, 3.8) is 0 Å². The minimum absolute atomic E-state index is 0.0350. The Morgan fingerprint density at radius 1 is 1.14 bits per heavy atom. The van der Waals surface area contributed by atoms with E-state index in [0.717, 1.165) is 16.8 Å². The molecule has 0 saturated carbocycles. The van der Waals surface area contributed by atoms with Crippen LogP contribution in [-0.4, -0.2) is 13.5 Å². The molecule has 0 aromatic heterocycles. The molecule has 1 unspecified atom stereocenters. The highest BCUT2D eigenvalue weighted by molar-refractivity contribution is 7.89. The molecule has 0 aliphatic heterocycles. The van der Waals surface area contributed by atoms with E-state index in [1.54, 1.807) is 12.1 Å². The number of hydrogen-bond acceptors (Lipinski definition) is 4. The van der Waals surface area contributed by atoms with Crippen molar-refractivity contribution in [3.05, 3.63) is 59.7 Å². The summed E-state index contributed by atoms with van der Waals surface area (Å²) in [5.74, 6) is 0. The Labute approximate surface area is 124 Å². The van der Waals surface area contributed by atoms with Crippen LogP contribution in [0, 0.1) is 0 Å². The van der Waals surface area contributed by atoms with Gasteiger partial charge in [0, 0.05) is 17.3 Å². The van der Waals surface area contributed by atoms with E-state index in [2.05, 4.69) is 5.32 Å². The predicted octanol–water partition coefficient (Wildman–Crippen LogP) is 2.00. The van der Waals surface area contributed by atoms with Crippen LogP contribution >= 0.6 is 0 Å². The van der Waals surface area contributed by atoms with Gasteiger partial charge in [-0.1, -0.05) is 30.3 Å². The van der Waals surface area contributed by atoms with E-state index in [0.29, 0.717) is 0 Å². The Balaban J connectivity index is 2.19. The van der Waals surface area contributed by atoms with Crippen molar-refractivity contribution >= 4 is 15.7 Å². The first-order valence-electron chi connectivity index (χ1n) is 6.50. The van der Waals surface area contributed by atoms with Crippen molar-refractivity contribution in [3.8, 4) is 0 Å². The molecule has 0 heterocycles. The third-order valence-electron chi connectivity index (χ3n) is 3.27. The molecule has 0 saturated heterocycles. The van der Waals surface area contributed by atoms with Crippen molar-refractivity contribution in [1.82, 2.24) is 0 Å². The summed E-state index contributed by atoms with van der Waals surface area (Å²) in [5.41, 5.74) is 2.59. The SMILES string of the molecule is CC(Nc1ccccc1CO)c1ccc(S(N)(=O)=O)cc1. The Morgan fingerprint density at radius 2 is 1.76 bits per heavy atom. The Morgan fingerprint density at radius 3 is 2.33 bits per heavy atom. The largest absolute Gasteiger partial charge is 0.392 e. The lowest BCUT2D eigenvalue weighted by Crippen LogP contribution is -2.13. The smallest absolute Gasteiger partial charge is 0.238 e. The lowest BCUT2D eigenvalue weighted by Gasteiger charge is -2.18. The molecule has 21 heavy (non-hydrogen) atoms. The quantitative estimate of drug-likeness (QED) is 0.787. The molecule has 0 amide bonds. The van der Waals surface area contributed by atoms with Crippen LogP contribution in [0.5, 0.6) is 0 Å². The topological polar surface area (TPSA) is 92.4 Å². The third-order valence-corrected chi connectivity index (χ3v) is 4.20. The van der Waals surface area contributed by atoms with Gasteiger partial charge in [0.25, 0.3) is 0 Å². The number of aliphatic hydroxyl groups excluding tert-OH is 1. The molecule has 0 aliphatic rings. The van der Waals surface area contributed by atoms with Crippen molar-refractivity contribution < 1.29 is 13.5 Å². The predicted molar refractivity (Wildman–Crippen MR) is 82.2 cm³/mol. The summed E-state index contributed by atoms with van der Waals surface area (Å²) in [6.07, 6.45) is 0. The average molecular weight is 306 g/mol. The standard InChI is InChI=1S/C15H18N2O3S/c1-11(17-15-5-3-2-4-13(15)10-18)12-6-8-14(9-7-12)21(16,19)20/h2-9,11,17-18H,10H2,1H3,(H2,16,19,20). The van der Waals surface area contributed by atoms with E-state index in [1.165, 1.54) is 12.1 Å². The van der Waals surface area contributed by atoms with Gasteiger partial charge in [-0.3, -0.25) is 0 Å². The summed E-state index contributed by atoms with van der Waals surface area (Å²) in [6, 6.07) is 13.9. The van der Waals surface area contributed by atoms with Gasteiger partial charge < -0.3 is 10.4 Å². The zero-order chi connectivity index (χ0) is 15.5. The molecule has 4 N–H and O–H groups in total. The normalized spacial score (nSPS) is 12.9. The Bertz CT molecular complexity index is 712. The van der Waals surface area contributed by atoms with E-state index in [4.69, 9.17) is 5.14 Å². The highest BCUT2D eigenvalue weighted by Crippen LogP contribution is 2.23. The number of primary sulfonamides is 1. The van der Waals surface area contributed by atoms with E-state index in [1.807, 2.05) is 31.2 Å². The second kappa shape index (κ2) is 6.26. The number of para-hydroxylation sites is 1. The van der Waals surface area contributed by atoms with Gasteiger partial charge in [0.05, 0.1) is 11.5 Å². The fourth-order valence-corrected chi connectivity index (χ4v) is 2.58. The van der Waals surface area contributed by atoms with Gasteiger partial charge in [-0.25, -0.2) is 13.6 Å². The van der Waals surface area contributed by atoms with Crippen molar-refractivity contribution in [1.29, 1.82) is 0 Å². The van der Waals surface area contributed by atoms with E-state index < -0.39 is 10.0 Å². The maximum atomic E-state index is 11.2. The van der Waals surface area contributed by atoms with Crippen LogP contribution in [0.25, 0.3) is 0 Å². The summed E-state index contributed by atoms with van der Waals surface area (Å²) >= 11 is 0. The molecule has 2 aromatic carbocycles. The second-order valence-corrected chi connectivity index (χ2v) is 6.36. The number of anilines is 1. The summed E-state index contributed by atoms with van der Waals surface area (Å²) < 4.78 is 22.4. The van der Waals surface area contributed by atoms with Crippen LogP contribution in [0.3, 0.4) is 0 Å². The number of aliphatic hydroxyl groups is 1. The summed E-state index contributed by atoms with van der Waals surface area (Å²) in [4.78, 5) is 0.0919. The Kier molecular flexibility index (Phi) is 4.62. The average Bonchev–Trinajstić information content (AvgIpc) is 2.47. The monoisotopic (exact) mass is 306 g/mol. The number of sulfonamides is 1. The number of nitrogens with one attached hydrogen (secondary N) is 1. The van der Waals surface area contributed by atoms with Crippen LogP contribution in [-0.2, 0) is 16.6 Å². The van der Waals surface area contributed by atoms with Gasteiger partial charge in [-0.15, -0.1) is 0 Å². The van der Waals surface area contributed by atoms with E-state index in [-0.39, 0.29) is 17.5 Å². The van der Waals surface area contributed by atoms with Gasteiger partial charge in [-0.2, -0.15) is 0 Å². The number of nitrogens with two attached hydrogens (primary N) is 1. The van der Waals surface area contributed by atoms with E-state index >= 15 is 0 Å². The van der Waals surface area contributed by atoms with Crippen LogP contribution in [0.2, 0.25) is 0 Å². The summed E-state index contributed by atoms with van der Waals surface area (Å²) in [7, 11) is -3.67. The second-order valence-electron chi connectivity index (χ2n) is 4.80. The zero-order valence-corrected chi connectivity index (χ0v) is 12.5. The number of hydrogen-bond donors (Lipinski definition) is 3. The maximum Gasteiger partial charge on any atom is 0.238 e. The lowest BCUT2D eigenvalue weighted by molar-refractivity contribution is 0.282. The molecule has 2 aromatic rings. The molecule has 1 atom stereocenters. The summed E-state index contributed by atoms with van der Waals surface area (Å²) in [6.45, 7) is 1.92. The maximum absolute atomic E-state index is 11.2. The van der Waals surface area contributed by atoms with Crippen LogP contribution in [0.4, 0.5) is 5.69 Å².